The zero-order valence-electron chi connectivity index (χ0n) is 26.0. The zero-order valence-corrected chi connectivity index (χ0v) is 26.8. The van der Waals surface area contributed by atoms with Gasteiger partial charge in [0.25, 0.3) is 10.1 Å². The Morgan fingerprint density at radius 3 is 2.30 bits per heavy atom. The van der Waals surface area contributed by atoms with Crippen molar-refractivity contribution in [1.82, 2.24) is 0 Å². The first-order chi connectivity index (χ1) is 20.3. The maximum Gasteiger partial charge on any atom is 0.508 e. The minimum absolute atomic E-state index is 0.00959. The molecule has 43 heavy (non-hydrogen) atoms. The second-order valence-electron chi connectivity index (χ2n) is 13.2. The summed E-state index contributed by atoms with van der Waals surface area (Å²) in [6.07, 6.45) is 6.62. The Morgan fingerprint density at radius 1 is 0.953 bits per heavy atom. The van der Waals surface area contributed by atoms with Crippen molar-refractivity contribution >= 4 is 22.4 Å². The third-order valence-electron chi connectivity index (χ3n) is 11.0. The van der Waals surface area contributed by atoms with E-state index in [1.807, 2.05) is 6.92 Å². The number of hydrogen-bond acceptors (Lipinski definition) is 9. The van der Waals surface area contributed by atoms with E-state index in [4.69, 9.17) is 23.1 Å². The van der Waals surface area contributed by atoms with E-state index >= 15 is 0 Å². The largest absolute Gasteiger partial charge is 0.508 e. The van der Waals surface area contributed by atoms with Crippen LogP contribution >= 0.6 is 0 Å². The Kier molecular flexibility index (Phi) is 8.75. The number of aryl methyl sites for hydroxylation is 1. The quantitative estimate of drug-likeness (QED) is 0.242. The maximum atomic E-state index is 12.9. The van der Waals surface area contributed by atoms with Crippen LogP contribution in [0.25, 0.3) is 0 Å². The molecule has 1 unspecified atom stereocenters. The van der Waals surface area contributed by atoms with E-state index in [0.717, 1.165) is 36.8 Å². The highest BCUT2D eigenvalue weighted by Crippen LogP contribution is 2.66. The summed E-state index contributed by atoms with van der Waals surface area (Å²) in [5, 5.41) is 0. The van der Waals surface area contributed by atoms with Crippen LogP contribution < -0.4 is 0 Å². The molecule has 8 atom stereocenters. The van der Waals surface area contributed by atoms with Gasteiger partial charge in [-0.05, 0) is 73.8 Å². The highest BCUT2D eigenvalue weighted by atomic mass is 32.2. The van der Waals surface area contributed by atoms with E-state index in [2.05, 4.69) is 32.9 Å². The fourth-order valence-electron chi connectivity index (χ4n) is 8.68. The van der Waals surface area contributed by atoms with Crippen LogP contribution in [0, 0.1) is 41.4 Å². The monoisotopic (exact) mass is 616 g/mol. The molecule has 0 radical (unpaired) electrons. The van der Waals surface area contributed by atoms with Crippen molar-refractivity contribution in [2.45, 2.75) is 83.3 Å². The molecular weight excluding hydrogens is 572 g/mol. The van der Waals surface area contributed by atoms with Crippen molar-refractivity contribution in [3.63, 3.8) is 0 Å². The van der Waals surface area contributed by atoms with E-state index < -0.39 is 40.1 Å². The molecule has 0 saturated heterocycles. The van der Waals surface area contributed by atoms with E-state index in [-0.39, 0.29) is 28.8 Å². The molecule has 0 spiro atoms. The van der Waals surface area contributed by atoms with Crippen LogP contribution in [0.1, 0.15) is 64.9 Å². The first-order valence-corrected chi connectivity index (χ1v) is 16.6. The Hall–Kier alpha value is -2.85. The molecule has 4 aliphatic rings. The highest BCUT2D eigenvalue weighted by Gasteiger charge is 2.60. The van der Waals surface area contributed by atoms with Gasteiger partial charge in [0.05, 0.1) is 25.7 Å². The number of ether oxygens (including phenoxy) is 4. The molecule has 5 rings (SSSR count). The van der Waals surface area contributed by atoms with Gasteiger partial charge >= 0.3 is 12.3 Å². The van der Waals surface area contributed by atoms with E-state index in [1.54, 1.807) is 24.3 Å². The van der Waals surface area contributed by atoms with Crippen molar-refractivity contribution < 1.29 is 41.1 Å². The van der Waals surface area contributed by atoms with Gasteiger partial charge in [0.15, 0.2) is 0 Å². The van der Waals surface area contributed by atoms with Crippen molar-refractivity contribution in [2.24, 2.45) is 34.5 Å². The average molecular weight is 617 g/mol. The van der Waals surface area contributed by atoms with Gasteiger partial charge in [-0.2, -0.15) is 8.42 Å². The molecule has 9 nitrogen and oxygen atoms in total. The summed E-state index contributed by atoms with van der Waals surface area (Å²) < 4.78 is 52.4. The number of methoxy groups -OCH3 is 2. The summed E-state index contributed by atoms with van der Waals surface area (Å²) in [5.41, 5.74) is 2.98. The first-order valence-electron chi connectivity index (χ1n) is 15.2. The second-order valence-corrected chi connectivity index (χ2v) is 14.8. The van der Waals surface area contributed by atoms with Crippen molar-refractivity contribution in [1.29, 1.82) is 0 Å². The molecule has 0 heterocycles. The molecule has 0 aliphatic heterocycles. The molecule has 3 saturated carbocycles. The minimum atomic E-state index is -3.83. The van der Waals surface area contributed by atoms with E-state index in [9.17, 15) is 18.0 Å². The Bertz CT molecular complexity index is 1400. The molecule has 0 N–H and O–H groups in total. The minimum Gasteiger partial charge on any atom is -0.438 e. The van der Waals surface area contributed by atoms with Gasteiger partial charge in [0, 0.05) is 18.3 Å². The van der Waals surface area contributed by atoms with Crippen molar-refractivity contribution in [3.05, 3.63) is 53.1 Å². The van der Waals surface area contributed by atoms with E-state index in [1.165, 1.54) is 19.8 Å². The summed E-state index contributed by atoms with van der Waals surface area (Å²) in [7, 11) is -1.27. The van der Waals surface area contributed by atoms with E-state index in [0.29, 0.717) is 24.7 Å². The van der Waals surface area contributed by atoms with Gasteiger partial charge < -0.3 is 18.9 Å². The topological polar surface area (TPSA) is 114 Å². The molecule has 10 heteroatoms. The van der Waals surface area contributed by atoms with Gasteiger partial charge in [-0.15, -0.1) is 0 Å². The van der Waals surface area contributed by atoms with Crippen LogP contribution in [-0.2, 0) is 33.2 Å². The second kappa shape index (κ2) is 11.9. The lowest BCUT2D eigenvalue weighted by Crippen LogP contribution is -2.54. The molecule has 0 bridgehead atoms. The Labute approximate surface area is 255 Å². The van der Waals surface area contributed by atoms with Crippen LogP contribution in [0.15, 0.2) is 52.5 Å². The molecule has 3 fully saturated rings. The Balaban J connectivity index is 1.36. The molecule has 0 aromatic heterocycles. The van der Waals surface area contributed by atoms with Crippen LogP contribution in [0.2, 0.25) is 0 Å². The van der Waals surface area contributed by atoms with Crippen molar-refractivity contribution in [2.75, 3.05) is 20.8 Å². The summed E-state index contributed by atoms with van der Waals surface area (Å²) in [4.78, 5) is 24.5. The summed E-state index contributed by atoms with van der Waals surface area (Å²) in [6, 6.07) is 6.73. The first kappa shape index (κ1) is 31.6. The number of hydrogen-bond donors (Lipinski definition) is 0. The number of carbonyl (C=O) groups is 2. The molecular formula is C33H44O9S. The van der Waals surface area contributed by atoms with Gasteiger partial charge in [-0.1, -0.05) is 61.8 Å². The zero-order chi connectivity index (χ0) is 31.2. The molecule has 1 aromatic rings. The van der Waals surface area contributed by atoms with Crippen molar-refractivity contribution in [3.8, 4) is 0 Å². The highest BCUT2D eigenvalue weighted by molar-refractivity contribution is 7.86. The fraction of sp³-hybridized carbons (Fsp3) is 0.636. The van der Waals surface area contributed by atoms with Gasteiger partial charge in [-0.25, -0.2) is 9.59 Å². The van der Waals surface area contributed by atoms with Crippen LogP contribution in [-0.4, -0.2) is 53.8 Å². The average Bonchev–Trinajstić information content (AvgIpc) is 3.34. The number of rotatable bonds is 7. The van der Waals surface area contributed by atoms with Gasteiger partial charge in [0.1, 0.15) is 12.2 Å². The lowest BCUT2D eigenvalue weighted by Gasteiger charge is -2.57. The molecule has 236 valence electrons. The molecule has 0 amide bonds. The number of benzene rings is 1. The third kappa shape index (κ3) is 5.72. The maximum absolute atomic E-state index is 12.9. The molecule has 4 aliphatic carbocycles. The number of fused-ring (bicyclic) bond motifs is 5. The third-order valence-corrected chi connectivity index (χ3v) is 12.3. The standard InChI is InChI=1S/C33H44O9S/c1-20-7-10-24(11-8-20)43(36,37)40-19-21(2)26-13-14-27-25-12-9-22-17-23(41-30(34)38-5)18-29(42-31(35)39-6)33(22,4)28(25)15-16-32(26,27)3/h7-12,21,23,26-29H,13-19H2,1-6H3/t21?,23-,26-,27+,28+,29+,32-,33+/m1/s1. The summed E-state index contributed by atoms with van der Waals surface area (Å²) >= 11 is 0. The Morgan fingerprint density at radius 2 is 1.63 bits per heavy atom. The van der Waals surface area contributed by atoms with Gasteiger partial charge in [-0.3, -0.25) is 4.18 Å². The van der Waals surface area contributed by atoms with Gasteiger partial charge in [0.2, 0.25) is 0 Å². The number of carbonyl (C=O) groups excluding carboxylic acids is 2. The predicted octanol–water partition coefficient (Wildman–Crippen LogP) is 6.75. The predicted molar refractivity (Wildman–Crippen MR) is 159 cm³/mol. The molecule has 1 aromatic carbocycles. The number of allylic oxidation sites excluding steroid dienone is 3. The lowest BCUT2D eigenvalue weighted by atomic mass is 9.49. The normalized spacial score (nSPS) is 34.0. The van der Waals surface area contributed by atoms with Crippen LogP contribution in [0.4, 0.5) is 9.59 Å². The van der Waals surface area contributed by atoms with Crippen LogP contribution in [0.3, 0.4) is 0 Å². The summed E-state index contributed by atoms with van der Waals surface area (Å²) in [5.74, 6) is 0.840. The van der Waals surface area contributed by atoms with Crippen LogP contribution in [0.5, 0.6) is 0 Å². The SMILES string of the molecule is COC(=O)O[C@@H]1CC2=CC=C3[C@@H]4CC[C@H](C(C)COS(=O)(=O)c5ccc(C)cc5)[C@@]4(C)CC[C@@H]3[C@@]2(C)[C@@H](OC(=O)OC)C1. The fourth-order valence-corrected chi connectivity index (χ4v) is 9.67. The smallest absolute Gasteiger partial charge is 0.438 e. The lowest BCUT2D eigenvalue weighted by molar-refractivity contribution is -0.0832. The summed E-state index contributed by atoms with van der Waals surface area (Å²) in [6.45, 7) is 8.68.